The van der Waals surface area contributed by atoms with Crippen LogP contribution < -0.4 is 5.32 Å². The van der Waals surface area contributed by atoms with Crippen LogP contribution in [-0.4, -0.2) is 25.4 Å². The highest BCUT2D eigenvalue weighted by atomic mass is 16.1. The second-order valence-corrected chi connectivity index (χ2v) is 9.26. The normalized spacial score (nSPS) is 21.2. The van der Waals surface area contributed by atoms with Crippen molar-refractivity contribution in [3.8, 4) is 0 Å². The lowest BCUT2D eigenvalue weighted by molar-refractivity contribution is 0.0868. The SMILES string of the molecule is CC1CC(CC(=O)c2cnn3ccc(NCc4cccnc4)nc23)CC(C)(C)C1. The van der Waals surface area contributed by atoms with E-state index in [4.69, 9.17) is 0 Å². The van der Waals surface area contributed by atoms with E-state index in [2.05, 4.69) is 41.2 Å². The quantitative estimate of drug-likeness (QED) is 0.613. The van der Waals surface area contributed by atoms with Gasteiger partial charge < -0.3 is 5.32 Å². The third-order valence-corrected chi connectivity index (χ3v) is 5.82. The van der Waals surface area contributed by atoms with Crippen molar-refractivity contribution < 1.29 is 4.79 Å². The van der Waals surface area contributed by atoms with Crippen molar-refractivity contribution in [1.29, 1.82) is 0 Å². The Morgan fingerprint density at radius 3 is 2.90 bits per heavy atom. The molecule has 0 aromatic carbocycles. The minimum atomic E-state index is 0.145. The maximum atomic E-state index is 13.1. The van der Waals surface area contributed by atoms with Crippen LogP contribution in [0.2, 0.25) is 0 Å². The molecule has 1 aliphatic carbocycles. The summed E-state index contributed by atoms with van der Waals surface area (Å²) in [5.74, 6) is 1.97. The molecule has 3 heterocycles. The summed E-state index contributed by atoms with van der Waals surface area (Å²) in [7, 11) is 0. The van der Waals surface area contributed by atoms with E-state index in [1.54, 1.807) is 16.9 Å². The van der Waals surface area contributed by atoms with Gasteiger partial charge in [0, 0.05) is 31.6 Å². The van der Waals surface area contributed by atoms with Crippen molar-refractivity contribution in [1.82, 2.24) is 19.6 Å². The molecule has 0 saturated heterocycles. The minimum Gasteiger partial charge on any atom is -0.366 e. The average molecular weight is 392 g/mol. The van der Waals surface area contributed by atoms with Crippen molar-refractivity contribution in [2.45, 2.75) is 53.0 Å². The number of carbonyl (C=O) groups is 1. The number of anilines is 1. The molecule has 6 heteroatoms. The first-order valence-corrected chi connectivity index (χ1v) is 10.4. The Labute approximate surface area is 171 Å². The topological polar surface area (TPSA) is 72.2 Å². The third-order valence-electron chi connectivity index (χ3n) is 5.82. The molecule has 3 aromatic heterocycles. The number of aromatic nitrogens is 4. The van der Waals surface area contributed by atoms with Crippen LogP contribution in [0, 0.1) is 17.3 Å². The molecule has 6 nitrogen and oxygen atoms in total. The predicted molar refractivity (Wildman–Crippen MR) is 114 cm³/mol. The zero-order valence-electron chi connectivity index (χ0n) is 17.4. The van der Waals surface area contributed by atoms with E-state index in [1.165, 1.54) is 6.42 Å². The van der Waals surface area contributed by atoms with Gasteiger partial charge in [0.05, 0.1) is 11.8 Å². The molecule has 1 fully saturated rings. The van der Waals surface area contributed by atoms with Gasteiger partial charge >= 0.3 is 0 Å². The zero-order valence-corrected chi connectivity index (χ0v) is 17.4. The zero-order chi connectivity index (χ0) is 20.4. The molecule has 0 bridgehead atoms. The largest absolute Gasteiger partial charge is 0.366 e. The fraction of sp³-hybridized carbons (Fsp3) is 0.478. The van der Waals surface area contributed by atoms with E-state index in [9.17, 15) is 4.79 Å². The first-order chi connectivity index (χ1) is 13.9. The fourth-order valence-corrected chi connectivity index (χ4v) is 4.93. The number of ketones is 1. The van der Waals surface area contributed by atoms with Crippen molar-refractivity contribution >= 4 is 17.2 Å². The van der Waals surface area contributed by atoms with Crippen LogP contribution in [0.3, 0.4) is 0 Å². The van der Waals surface area contributed by atoms with Gasteiger partial charge in [0.15, 0.2) is 11.4 Å². The highest BCUT2D eigenvalue weighted by Crippen LogP contribution is 2.43. The van der Waals surface area contributed by atoms with Gasteiger partial charge in [0.2, 0.25) is 0 Å². The number of hydrogen-bond acceptors (Lipinski definition) is 5. The van der Waals surface area contributed by atoms with Gasteiger partial charge in [-0.05, 0) is 54.2 Å². The molecular weight excluding hydrogens is 362 g/mol. The molecule has 29 heavy (non-hydrogen) atoms. The lowest BCUT2D eigenvalue weighted by Gasteiger charge is -2.38. The summed E-state index contributed by atoms with van der Waals surface area (Å²) in [5, 5.41) is 7.63. The summed E-state index contributed by atoms with van der Waals surface area (Å²) in [6.07, 6.45) is 11.1. The number of nitrogens with zero attached hydrogens (tertiary/aromatic N) is 4. The molecule has 0 aliphatic heterocycles. The smallest absolute Gasteiger partial charge is 0.168 e. The molecule has 0 radical (unpaired) electrons. The average Bonchev–Trinajstić information content (AvgIpc) is 3.09. The summed E-state index contributed by atoms with van der Waals surface area (Å²) in [6.45, 7) is 7.56. The molecule has 1 aliphatic rings. The fourth-order valence-electron chi connectivity index (χ4n) is 4.93. The number of hydrogen-bond donors (Lipinski definition) is 1. The number of nitrogens with one attached hydrogen (secondary N) is 1. The molecule has 0 spiro atoms. The molecule has 0 amide bonds. The lowest BCUT2D eigenvalue weighted by atomic mass is 9.67. The van der Waals surface area contributed by atoms with Crippen LogP contribution in [-0.2, 0) is 6.54 Å². The van der Waals surface area contributed by atoms with Crippen LogP contribution in [0.4, 0.5) is 5.82 Å². The van der Waals surface area contributed by atoms with E-state index < -0.39 is 0 Å². The summed E-state index contributed by atoms with van der Waals surface area (Å²) >= 11 is 0. The molecule has 1 saturated carbocycles. The Hall–Kier alpha value is -2.76. The Morgan fingerprint density at radius 1 is 1.28 bits per heavy atom. The van der Waals surface area contributed by atoms with Gasteiger partial charge in [-0.3, -0.25) is 9.78 Å². The molecule has 1 N–H and O–H groups in total. The molecule has 2 atom stereocenters. The van der Waals surface area contributed by atoms with Crippen molar-refractivity contribution in [2.24, 2.45) is 17.3 Å². The second-order valence-electron chi connectivity index (χ2n) is 9.26. The maximum Gasteiger partial charge on any atom is 0.168 e. The number of carbonyl (C=O) groups excluding carboxylic acids is 1. The van der Waals surface area contributed by atoms with Gasteiger partial charge in [-0.25, -0.2) is 9.50 Å². The van der Waals surface area contributed by atoms with Gasteiger partial charge in [-0.15, -0.1) is 0 Å². The van der Waals surface area contributed by atoms with Gasteiger partial charge in [0.25, 0.3) is 0 Å². The summed E-state index contributed by atoms with van der Waals surface area (Å²) in [5.41, 5.74) is 2.62. The second kappa shape index (κ2) is 7.93. The maximum absolute atomic E-state index is 13.1. The summed E-state index contributed by atoms with van der Waals surface area (Å²) in [4.78, 5) is 21.9. The lowest BCUT2D eigenvalue weighted by Crippen LogP contribution is -2.28. The highest BCUT2D eigenvalue weighted by Gasteiger charge is 2.33. The molecule has 2 unspecified atom stereocenters. The highest BCUT2D eigenvalue weighted by molar-refractivity contribution is 6.01. The van der Waals surface area contributed by atoms with Crippen LogP contribution in [0.25, 0.3) is 5.65 Å². The Kier molecular flexibility index (Phi) is 5.35. The Morgan fingerprint density at radius 2 is 2.14 bits per heavy atom. The molecule has 3 aromatic rings. The van der Waals surface area contributed by atoms with Crippen molar-refractivity contribution in [2.75, 3.05) is 5.32 Å². The van der Waals surface area contributed by atoms with Crippen LogP contribution >= 0.6 is 0 Å². The van der Waals surface area contributed by atoms with E-state index in [0.29, 0.717) is 41.4 Å². The van der Waals surface area contributed by atoms with Gasteiger partial charge in [-0.2, -0.15) is 5.10 Å². The standard InChI is InChI=1S/C23H29N5O/c1-16-9-18(12-23(2,3)11-16)10-20(29)19-15-26-28-8-6-21(27-22(19)28)25-14-17-5-4-7-24-13-17/h4-8,13,15-16,18H,9-12,14H2,1-3H3,(H,25,27). The number of fused-ring (bicyclic) bond motifs is 1. The van der Waals surface area contributed by atoms with E-state index in [1.807, 2.05) is 30.6 Å². The first-order valence-electron chi connectivity index (χ1n) is 10.4. The Bertz CT molecular complexity index is 995. The summed E-state index contributed by atoms with van der Waals surface area (Å²) in [6, 6.07) is 5.80. The molecule has 4 rings (SSSR count). The predicted octanol–water partition coefficient (Wildman–Crippen LogP) is 4.77. The van der Waals surface area contributed by atoms with Crippen LogP contribution in [0.5, 0.6) is 0 Å². The summed E-state index contributed by atoms with van der Waals surface area (Å²) < 4.78 is 1.68. The molecule has 152 valence electrons. The third kappa shape index (κ3) is 4.63. The monoisotopic (exact) mass is 391 g/mol. The van der Waals surface area contributed by atoms with E-state index in [-0.39, 0.29) is 5.78 Å². The number of pyridine rings is 1. The van der Waals surface area contributed by atoms with Crippen LogP contribution in [0.1, 0.15) is 62.4 Å². The van der Waals surface area contributed by atoms with Crippen molar-refractivity contribution in [3.63, 3.8) is 0 Å². The molecular formula is C23H29N5O. The number of Topliss-reactive ketones (excluding diaryl/α,β-unsaturated/α-hetero) is 1. The van der Waals surface area contributed by atoms with E-state index in [0.717, 1.165) is 24.2 Å². The Balaban J connectivity index is 1.49. The van der Waals surface area contributed by atoms with Crippen LogP contribution in [0.15, 0.2) is 43.0 Å². The van der Waals surface area contributed by atoms with Crippen molar-refractivity contribution in [3.05, 3.63) is 54.1 Å². The van der Waals surface area contributed by atoms with Gasteiger partial charge in [-0.1, -0.05) is 26.8 Å². The first kappa shape index (κ1) is 19.6. The van der Waals surface area contributed by atoms with Gasteiger partial charge in [0.1, 0.15) is 5.82 Å². The van der Waals surface area contributed by atoms with E-state index >= 15 is 0 Å². The number of rotatable bonds is 6. The minimum absolute atomic E-state index is 0.145.